The van der Waals surface area contributed by atoms with Crippen molar-refractivity contribution in [1.29, 1.82) is 0 Å². The monoisotopic (exact) mass is 227 g/mol. The van der Waals surface area contributed by atoms with E-state index in [2.05, 4.69) is 6.07 Å². The minimum absolute atomic E-state index is 0.0682. The zero-order valence-electron chi connectivity index (χ0n) is 9.48. The molecular formula is C15H12FO. The number of hydrogen-bond acceptors (Lipinski definition) is 1. The Morgan fingerprint density at radius 1 is 1.18 bits per heavy atom. The van der Waals surface area contributed by atoms with E-state index in [-0.39, 0.29) is 11.6 Å². The van der Waals surface area contributed by atoms with Crippen molar-refractivity contribution < 1.29 is 9.18 Å². The highest BCUT2D eigenvalue weighted by atomic mass is 19.1. The number of carbonyl (C=O) groups is 1. The molecule has 0 heterocycles. The van der Waals surface area contributed by atoms with Crippen LogP contribution < -0.4 is 0 Å². The highest BCUT2D eigenvalue weighted by molar-refractivity contribution is 5.86. The van der Waals surface area contributed by atoms with E-state index in [0.29, 0.717) is 5.56 Å². The number of hydrogen-bond donors (Lipinski definition) is 0. The summed E-state index contributed by atoms with van der Waals surface area (Å²) in [7, 11) is 0. The minimum Gasteiger partial charge on any atom is -0.299 e. The van der Waals surface area contributed by atoms with Gasteiger partial charge in [0.1, 0.15) is 11.6 Å². The molecule has 0 saturated carbocycles. The SMILES string of the molecule is CC(=O)C(c1cc[c]cc1)c1ccccc1F. The lowest BCUT2D eigenvalue weighted by atomic mass is 9.88. The lowest BCUT2D eigenvalue weighted by Crippen LogP contribution is -2.12. The maximum absolute atomic E-state index is 13.7. The first-order valence-corrected chi connectivity index (χ1v) is 5.41. The standard InChI is InChI=1S/C15H12FO/c1-11(17)15(12-7-3-2-4-8-12)13-9-5-6-10-14(13)16/h3-10,15H,1H3. The summed E-state index contributed by atoms with van der Waals surface area (Å²) in [6.45, 7) is 1.48. The summed E-state index contributed by atoms with van der Waals surface area (Å²) < 4.78 is 13.7. The van der Waals surface area contributed by atoms with Gasteiger partial charge in [-0.2, -0.15) is 0 Å². The summed E-state index contributed by atoms with van der Waals surface area (Å²) in [5.41, 5.74) is 1.22. The Hall–Kier alpha value is -1.96. The largest absolute Gasteiger partial charge is 0.299 e. The Balaban J connectivity index is 2.51. The second-order valence-corrected chi connectivity index (χ2v) is 3.90. The Morgan fingerprint density at radius 2 is 1.82 bits per heavy atom. The van der Waals surface area contributed by atoms with Crippen molar-refractivity contribution in [1.82, 2.24) is 0 Å². The van der Waals surface area contributed by atoms with Gasteiger partial charge >= 0.3 is 0 Å². The molecule has 0 saturated heterocycles. The molecule has 0 aliphatic heterocycles. The van der Waals surface area contributed by atoms with Crippen molar-refractivity contribution in [2.75, 3.05) is 0 Å². The molecule has 2 heteroatoms. The first kappa shape index (κ1) is 11.5. The van der Waals surface area contributed by atoms with Gasteiger partial charge in [-0.15, -0.1) is 0 Å². The first-order valence-electron chi connectivity index (χ1n) is 5.41. The number of benzene rings is 2. The maximum Gasteiger partial charge on any atom is 0.141 e. The molecule has 0 bridgehead atoms. The maximum atomic E-state index is 13.7. The quantitative estimate of drug-likeness (QED) is 0.785. The van der Waals surface area contributed by atoms with Crippen LogP contribution >= 0.6 is 0 Å². The molecule has 0 amide bonds. The van der Waals surface area contributed by atoms with E-state index >= 15 is 0 Å². The molecule has 1 radical (unpaired) electrons. The van der Waals surface area contributed by atoms with Crippen molar-refractivity contribution in [3.8, 4) is 0 Å². The topological polar surface area (TPSA) is 17.1 Å². The molecule has 1 unspecified atom stereocenters. The number of ketones is 1. The molecule has 0 fully saturated rings. The van der Waals surface area contributed by atoms with Gasteiger partial charge in [0.2, 0.25) is 0 Å². The van der Waals surface area contributed by atoms with E-state index < -0.39 is 5.92 Å². The van der Waals surface area contributed by atoms with E-state index in [1.807, 2.05) is 0 Å². The van der Waals surface area contributed by atoms with Crippen LogP contribution in [0.5, 0.6) is 0 Å². The van der Waals surface area contributed by atoms with Gasteiger partial charge in [-0.05, 0) is 24.6 Å². The summed E-state index contributed by atoms with van der Waals surface area (Å²) in [5, 5.41) is 0. The van der Waals surface area contributed by atoms with E-state index in [9.17, 15) is 9.18 Å². The van der Waals surface area contributed by atoms with Gasteiger partial charge in [-0.1, -0.05) is 42.5 Å². The van der Waals surface area contributed by atoms with Crippen LogP contribution in [0.15, 0.2) is 48.5 Å². The number of halogens is 1. The fourth-order valence-electron chi connectivity index (χ4n) is 1.93. The van der Waals surface area contributed by atoms with Crippen LogP contribution in [0, 0.1) is 11.9 Å². The van der Waals surface area contributed by atoms with Crippen LogP contribution in [0.2, 0.25) is 0 Å². The van der Waals surface area contributed by atoms with Gasteiger partial charge in [0.05, 0.1) is 5.92 Å². The van der Waals surface area contributed by atoms with Gasteiger partial charge < -0.3 is 0 Å². The molecule has 0 aliphatic rings. The molecule has 85 valence electrons. The summed E-state index contributed by atoms with van der Waals surface area (Å²) in [5.74, 6) is -0.951. The van der Waals surface area contributed by atoms with E-state index in [1.54, 1.807) is 42.5 Å². The molecule has 0 aromatic heterocycles. The van der Waals surface area contributed by atoms with Gasteiger partial charge in [-0.3, -0.25) is 4.79 Å². The van der Waals surface area contributed by atoms with Crippen LogP contribution in [0.4, 0.5) is 4.39 Å². The average Bonchev–Trinajstić information content (AvgIpc) is 2.33. The molecule has 0 spiro atoms. The van der Waals surface area contributed by atoms with Crippen molar-refractivity contribution in [2.24, 2.45) is 0 Å². The average molecular weight is 227 g/mol. The normalized spacial score (nSPS) is 12.1. The Bertz CT molecular complexity index is 519. The second kappa shape index (κ2) is 4.91. The molecule has 2 aromatic rings. The van der Waals surface area contributed by atoms with Crippen LogP contribution in [-0.2, 0) is 4.79 Å². The third-order valence-electron chi connectivity index (χ3n) is 2.70. The third-order valence-corrected chi connectivity index (χ3v) is 2.70. The van der Waals surface area contributed by atoms with Crippen molar-refractivity contribution in [2.45, 2.75) is 12.8 Å². The van der Waals surface area contributed by atoms with Crippen molar-refractivity contribution in [3.63, 3.8) is 0 Å². The predicted octanol–water partition coefficient (Wildman–Crippen LogP) is 3.35. The lowest BCUT2D eigenvalue weighted by molar-refractivity contribution is -0.117. The highest BCUT2D eigenvalue weighted by Crippen LogP contribution is 2.27. The molecule has 2 rings (SSSR count). The van der Waals surface area contributed by atoms with E-state index in [4.69, 9.17) is 0 Å². The fraction of sp³-hybridized carbons (Fsp3) is 0.133. The van der Waals surface area contributed by atoms with Crippen LogP contribution in [0.3, 0.4) is 0 Å². The minimum atomic E-state index is -0.536. The Kier molecular flexibility index (Phi) is 3.33. The third kappa shape index (κ3) is 2.41. The molecule has 0 N–H and O–H groups in total. The van der Waals surface area contributed by atoms with Crippen LogP contribution in [0.25, 0.3) is 0 Å². The molecule has 1 atom stereocenters. The van der Waals surface area contributed by atoms with Crippen LogP contribution in [-0.4, -0.2) is 5.78 Å². The second-order valence-electron chi connectivity index (χ2n) is 3.90. The number of rotatable bonds is 3. The highest BCUT2D eigenvalue weighted by Gasteiger charge is 2.21. The Morgan fingerprint density at radius 3 is 2.41 bits per heavy atom. The number of carbonyl (C=O) groups excluding carboxylic acids is 1. The summed E-state index contributed by atoms with van der Waals surface area (Å²) in [4.78, 5) is 11.7. The Labute approximate surface area is 99.9 Å². The van der Waals surface area contributed by atoms with E-state index in [1.165, 1.54) is 13.0 Å². The van der Waals surface area contributed by atoms with Gasteiger partial charge in [0.25, 0.3) is 0 Å². The first-order chi connectivity index (χ1) is 8.20. The predicted molar refractivity (Wildman–Crippen MR) is 64.2 cm³/mol. The molecule has 17 heavy (non-hydrogen) atoms. The van der Waals surface area contributed by atoms with E-state index in [0.717, 1.165) is 5.56 Å². The molecule has 1 nitrogen and oxygen atoms in total. The van der Waals surface area contributed by atoms with Crippen molar-refractivity contribution in [3.05, 3.63) is 71.5 Å². The summed E-state index contributed by atoms with van der Waals surface area (Å²) in [6, 6.07) is 16.3. The molecule has 2 aromatic carbocycles. The zero-order chi connectivity index (χ0) is 12.3. The molecular weight excluding hydrogens is 215 g/mol. The van der Waals surface area contributed by atoms with Gasteiger partial charge in [-0.25, -0.2) is 4.39 Å². The smallest absolute Gasteiger partial charge is 0.141 e. The summed E-state index contributed by atoms with van der Waals surface area (Å²) in [6.07, 6.45) is 0. The fourth-order valence-corrected chi connectivity index (χ4v) is 1.93. The lowest BCUT2D eigenvalue weighted by Gasteiger charge is -2.15. The summed E-state index contributed by atoms with van der Waals surface area (Å²) >= 11 is 0. The van der Waals surface area contributed by atoms with Crippen molar-refractivity contribution >= 4 is 5.78 Å². The van der Waals surface area contributed by atoms with Gasteiger partial charge in [0, 0.05) is 5.56 Å². The zero-order valence-corrected chi connectivity index (χ0v) is 9.48. The molecule has 0 aliphatic carbocycles. The number of Topliss-reactive ketones (excluding diaryl/α,β-unsaturated/α-hetero) is 1. The van der Waals surface area contributed by atoms with Crippen LogP contribution in [0.1, 0.15) is 24.0 Å². The van der Waals surface area contributed by atoms with Gasteiger partial charge in [0.15, 0.2) is 0 Å².